The van der Waals surface area contributed by atoms with Crippen LogP contribution < -0.4 is 20.9 Å². The third-order valence-corrected chi connectivity index (χ3v) is 4.85. The number of rotatable bonds is 7. The number of benzene rings is 1. The quantitative estimate of drug-likeness (QED) is 0.366. The Morgan fingerprint density at radius 3 is 2.38 bits per heavy atom. The standard InChI is InChI=1S/C19H24N6O4/c1-29-15-10-8-13(9-11-15)19(26)24-23-18-16(25(27)28)17(20-12-21-18)22-14-6-4-2-3-5-7-14/h8-12,14H,2-7H2,1H3,(H,24,26)(H2,20,21,22,23). The van der Waals surface area contributed by atoms with E-state index in [0.717, 1.165) is 25.7 Å². The summed E-state index contributed by atoms with van der Waals surface area (Å²) < 4.78 is 5.06. The van der Waals surface area contributed by atoms with Crippen LogP contribution in [0.4, 0.5) is 17.3 Å². The van der Waals surface area contributed by atoms with Crippen molar-refractivity contribution in [3.05, 3.63) is 46.3 Å². The number of hydrogen-bond donors (Lipinski definition) is 3. The van der Waals surface area contributed by atoms with Crippen LogP contribution in [0.25, 0.3) is 0 Å². The summed E-state index contributed by atoms with van der Waals surface area (Å²) in [5.74, 6) is 0.232. The highest BCUT2D eigenvalue weighted by Crippen LogP contribution is 2.30. The summed E-state index contributed by atoms with van der Waals surface area (Å²) in [4.78, 5) is 31.4. The molecule has 1 aromatic heterocycles. The van der Waals surface area contributed by atoms with E-state index in [1.807, 2.05) is 0 Å². The Bertz CT molecular complexity index is 850. The molecule has 3 rings (SSSR count). The monoisotopic (exact) mass is 400 g/mol. The van der Waals surface area contributed by atoms with E-state index < -0.39 is 10.8 Å². The average Bonchev–Trinajstić information content (AvgIpc) is 3.00. The van der Waals surface area contributed by atoms with E-state index in [1.165, 1.54) is 26.3 Å². The van der Waals surface area contributed by atoms with Gasteiger partial charge in [-0.15, -0.1) is 0 Å². The first-order valence-electron chi connectivity index (χ1n) is 9.55. The zero-order valence-corrected chi connectivity index (χ0v) is 16.2. The fourth-order valence-corrected chi connectivity index (χ4v) is 3.30. The Labute approximate surface area is 168 Å². The molecule has 0 radical (unpaired) electrons. The number of ether oxygens (including phenoxy) is 1. The predicted molar refractivity (Wildman–Crippen MR) is 108 cm³/mol. The normalized spacial score (nSPS) is 14.5. The number of amides is 1. The fraction of sp³-hybridized carbons (Fsp3) is 0.421. The second-order valence-electron chi connectivity index (χ2n) is 6.82. The molecule has 1 fully saturated rings. The van der Waals surface area contributed by atoms with Crippen LogP contribution in [-0.2, 0) is 0 Å². The van der Waals surface area contributed by atoms with Gasteiger partial charge in [-0.25, -0.2) is 9.97 Å². The second-order valence-corrected chi connectivity index (χ2v) is 6.82. The topological polar surface area (TPSA) is 131 Å². The zero-order valence-electron chi connectivity index (χ0n) is 16.2. The van der Waals surface area contributed by atoms with Crippen molar-refractivity contribution in [1.82, 2.24) is 15.4 Å². The Morgan fingerprint density at radius 1 is 1.10 bits per heavy atom. The van der Waals surface area contributed by atoms with Gasteiger partial charge >= 0.3 is 5.69 Å². The molecular formula is C19H24N6O4. The lowest BCUT2D eigenvalue weighted by Gasteiger charge is -2.17. The van der Waals surface area contributed by atoms with Gasteiger partial charge in [0.2, 0.25) is 11.6 Å². The van der Waals surface area contributed by atoms with Gasteiger partial charge in [-0.3, -0.25) is 25.8 Å². The molecule has 1 saturated carbocycles. The molecule has 10 nitrogen and oxygen atoms in total. The summed E-state index contributed by atoms with van der Waals surface area (Å²) in [7, 11) is 1.53. The van der Waals surface area contributed by atoms with Crippen molar-refractivity contribution < 1.29 is 14.5 Å². The highest BCUT2D eigenvalue weighted by atomic mass is 16.6. The Morgan fingerprint density at radius 2 is 1.76 bits per heavy atom. The minimum absolute atomic E-state index is 0.0806. The molecule has 29 heavy (non-hydrogen) atoms. The largest absolute Gasteiger partial charge is 0.497 e. The van der Waals surface area contributed by atoms with E-state index in [2.05, 4.69) is 26.1 Å². The molecular weight excluding hydrogens is 376 g/mol. The molecule has 10 heteroatoms. The number of methoxy groups -OCH3 is 1. The summed E-state index contributed by atoms with van der Waals surface area (Å²) in [6.45, 7) is 0. The van der Waals surface area contributed by atoms with Gasteiger partial charge in [-0.05, 0) is 37.1 Å². The minimum atomic E-state index is -0.555. The van der Waals surface area contributed by atoms with E-state index in [4.69, 9.17) is 4.74 Å². The van der Waals surface area contributed by atoms with Crippen LogP contribution in [0.2, 0.25) is 0 Å². The van der Waals surface area contributed by atoms with Crippen molar-refractivity contribution in [2.45, 2.75) is 44.6 Å². The number of nitrogens with zero attached hydrogens (tertiary/aromatic N) is 3. The van der Waals surface area contributed by atoms with Crippen LogP contribution in [-0.4, -0.2) is 34.0 Å². The molecule has 1 aromatic carbocycles. The van der Waals surface area contributed by atoms with E-state index >= 15 is 0 Å². The first-order valence-corrected chi connectivity index (χ1v) is 9.55. The lowest BCUT2D eigenvalue weighted by molar-refractivity contribution is -0.383. The van der Waals surface area contributed by atoms with Crippen LogP contribution in [0.1, 0.15) is 48.9 Å². The summed E-state index contributed by atoms with van der Waals surface area (Å²) in [6, 6.07) is 6.60. The predicted octanol–water partition coefficient (Wildman–Crippen LogP) is 3.29. The number of carbonyl (C=O) groups is 1. The molecule has 154 valence electrons. The van der Waals surface area contributed by atoms with Crippen molar-refractivity contribution in [3.8, 4) is 5.75 Å². The van der Waals surface area contributed by atoms with Crippen molar-refractivity contribution >= 4 is 23.2 Å². The fourth-order valence-electron chi connectivity index (χ4n) is 3.30. The highest BCUT2D eigenvalue weighted by Gasteiger charge is 2.25. The highest BCUT2D eigenvalue weighted by molar-refractivity contribution is 5.95. The van der Waals surface area contributed by atoms with Crippen LogP contribution in [0.15, 0.2) is 30.6 Å². The van der Waals surface area contributed by atoms with Crippen molar-refractivity contribution in [2.75, 3.05) is 17.9 Å². The molecule has 3 N–H and O–H groups in total. The third-order valence-electron chi connectivity index (χ3n) is 4.85. The maximum Gasteiger partial charge on any atom is 0.354 e. The summed E-state index contributed by atoms with van der Waals surface area (Å²) in [5, 5.41) is 14.8. The van der Waals surface area contributed by atoms with Gasteiger partial charge in [-0.2, -0.15) is 0 Å². The number of anilines is 2. The molecule has 1 aliphatic rings. The SMILES string of the molecule is COc1ccc(C(=O)NNc2ncnc(NC3CCCCCC3)c2[N+](=O)[O-])cc1. The molecule has 0 bridgehead atoms. The Balaban J connectivity index is 1.72. The molecule has 1 heterocycles. The van der Waals surface area contributed by atoms with E-state index in [0.29, 0.717) is 11.3 Å². The van der Waals surface area contributed by atoms with Crippen LogP contribution >= 0.6 is 0 Å². The molecule has 0 spiro atoms. The van der Waals surface area contributed by atoms with E-state index in [9.17, 15) is 14.9 Å². The molecule has 2 aromatic rings. The molecule has 0 unspecified atom stereocenters. The van der Waals surface area contributed by atoms with Gasteiger partial charge in [0, 0.05) is 11.6 Å². The number of nitro groups is 1. The second kappa shape index (κ2) is 9.67. The molecule has 1 aliphatic carbocycles. The minimum Gasteiger partial charge on any atom is -0.497 e. The van der Waals surface area contributed by atoms with Gasteiger partial charge < -0.3 is 10.1 Å². The Hall–Kier alpha value is -3.43. The zero-order chi connectivity index (χ0) is 20.6. The lowest BCUT2D eigenvalue weighted by atomic mass is 10.1. The maximum atomic E-state index is 12.3. The van der Waals surface area contributed by atoms with Gasteiger partial charge in [0.1, 0.15) is 12.1 Å². The van der Waals surface area contributed by atoms with Crippen molar-refractivity contribution in [2.24, 2.45) is 0 Å². The van der Waals surface area contributed by atoms with Crippen LogP contribution in [0.5, 0.6) is 5.75 Å². The van der Waals surface area contributed by atoms with E-state index in [1.54, 1.807) is 24.3 Å². The van der Waals surface area contributed by atoms with Crippen molar-refractivity contribution in [3.63, 3.8) is 0 Å². The number of nitrogens with one attached hydrogen (secondary N) is 3. The average molecular weight is 400 g/mol. The van der Waals surface area contributed by atoms with Gasteiger partial charge in [-0.1, -0.05) is 25.7 Å². The van der Waals surface area contributed by atoms with Gasteiger partial charge in [0.05, 0.1) is 12.0 Å². The molecule has 0 saturated heterocycles. The molecule has 0 atom stereocenters. The van der Waals surface area contributed by atoms with Crippen molar-refractivity contribution in [1.29, 1.82) is 0 Å². The molecule has 1 amide bonds. The third kappa shape index (κ3) is 5.31. The summed E-state index contributed by atoms with van der Waals surface area (Å²) in [5.41, 5.74) is 5.05. The lowest BCUT2D eigenvalue weighted by Crippen LogP contribution is -2.30. The molecule has 0 aliphatic heterocycles. The van der Waals surface area contributed by atoms with E-state index in [-0.39, 0.29) is 23.4 Å². The first kappa shape index (κ1) is 20.3. The van der Waals surface area contributed by atoms with Gasteiger partial charge in [0.15, 0.2) is 0 Å². The maximum absolute atomic E-state index is 12.3. The smallest absolute Gasteiger partial charge is 0.354 e. The van der Waals surface area contributed by atoms with Crippen LogP contribution in [0, 0.1) is 10.1 Å². The number of hydrazine groups is 1. The Kier molecular flexibility index (Phi) is 6.77. The number of hydrogen-bond acceptors (Lipinski definition) is 8. The van der Waals surface area contributed by atoms with Gasteiger partial charge in [0.25, 0.3) is 5.91 Å². The van der Waals surface area contributed by atoms with Crippen LogP contribution in [0.3, 0.4) is 0 Å². The number of carbonyl (C=O) groups excluding carboxylic acids is 1. The first-order chi connectivity index (χ1) is 14.1. The number of aromatic nitrogens is 2. The summed E-state index contributed by atoms with van der Waals surface area (Å²) >= 11 is 0. The summed E-state index contributed by atoms with van der Waals surface area (Å²) in [6.07, 6.45) is 7.63.